The van der Waals surface area contributed by atoms with Crippen LogP contribution in [-0.2, 0) is 0 Å². The van der Waals surface area contributed by atoms with E-state index in [0.29, 0.717) is 6.54 Å². The van der Waals surface area contributed by atoms with Gasteiger partial charge in [0.2, 0.25) is 0 Å². The molecule has 0 aromatic heterocycles. The summed E-state index contributed by atoms with van der Waals surface area (Å²) in [6, 6.07) is 15.6. The van der Waals surface area contributed by atoms with Crippen molar-refractivity contribution < 1.29 is 14.6 Å². The second-order valence-electron chi connectivity index (χ2n) is 5.65. The van der Waals surface area contributed by atoms with Crippen molar-refractivity contribution in [1.29, 1.82) is 0 Å². The zero-order chi connectivity index (χ0) is 16.8. The summed E-state index contributed by atoms with van der Waals surface area (Å²) in [5.74, 6) is 1.62. The molecule has 0 saturated carbocycles. The van der Waals surface area contributed by atoms with E-state index in [1.54, 1.807) is 14.2 Å². The Kier molecular flexibility index (Phi) is 6.02. The van der Waals surface area contributed by atoms with Crippen LogP contribution in [-0.4, -0.2) is 37.8 Å². The van der Waals surface area contributed by atoms with Gasteiger partial charge in [-0.2, -0.15) is 0 Å². The highest BCUT2D eigenvalue weighted by Crippen LogP contribution is 2.29. The molecule has 0 aliphatic carbocycles. The van der Waals surface area contributed by atoms with Gasteiger partial charge in [0.15, 0.2) is 0 Å². The third-order valence-corrected chi connectivity index (χ3v) is 4.19. The van der Waals surface area contributed by atoms with Gasteiger partial charge >= 0.3 is 0 Å². The van der Waals surface area contributed by atoms with Crippen LogP contribution in [0.5, 0.6) is 11.5 Å². The minimum absolute atomic E-state index is 0.131. The Morgan fingerprint density at radius 3 is 2.48 bits per heavy atom. The number of nitrogens with zero attached hydrogens (tertiary/aromatic N) is 1. The first-order valence-corrected chi connectivity index (χ1v) is 7.72. The molecule has 124 valence electrons. The Labute approximate surface area is 138 Å². The number of aliphatic hydroxyl groups excluding tert-OH is 1. The number of para-hydroxylation sites is 1. The van der Waals surface area contributed by atoms with Gasteiger partial charge in [-0.1, -0.05) is 30.3 Å². The maximum Gasteiger partial charge on any atom is 0.123 e. The molecule has 4 nitrogen and oxygen atoms in total. The van der Waals surface area contributed by atoms with Gasteiger partial charge in [-0.25, -0.2) is 0 Å². The molecule has 0 aliphatic heterocycles. The molecule has 4 heteroatoms. The molecule has 0 spiro atoms. The largest absolute Gasteiger partial charge is 0.497 e. The van der Waals surface area contributed by atoms with Crippen molar-refractivity contribution in [2.45, 2.75) is 19.1 Å². The van der Waals surface area contributed by atoms with E-state index in [1.165, 1.54) is 0 Å². The molecule has 0 aliphatic rings. The zero-order valence-electron chi connectivity index (χ0n) is 14.2. The number of hydrogen-bond acceptors (Lipinski definition) is 4. The van der Waals surface area contributed by atoms with Crippen molar-refractivity contribution in [3.8, 4) is 11.5 Å². The fourth-order valence-electron chi connectivity index (χ4n) is 2.63. The zero-order valence-corrected chi connectivity index (χ0v) is 14.2. The van der Waals surface area contributed by atoms with Gasteiger partial charge in [0, 0.05) is 18.2 Å². The Balaban J connectivity index is 2.09. The Morgan fingerprint density at radius 1 is 1.04 bits per heavy atom. The Morgan fingerprint density at radius 2 is 1.78 bits per heavy atom. The molecule has 0 saturated heterocycles. The number of ether oxygens (including phenoxy) is 2. The van der Waals surface area contributed by atoms with Crippen molar-refractivity contribution in [3.63, 3.8) is 0 Å². The number of methoxy groups -OCH3 is 2. The Hall–Kier alpha value is -2.04. The second-order valence-corrected chi connectivity index (χ2v) is 5.65. The van der Waals surface area contributed by atoms with Gasteiger partial charge in [0.05, 0.1) is 20.3 Å². The summed E-state index contributed by atoms with van der Waals surface area (Å²) in [5, 5.41) is 10.5. The van der Waals surface area contributed by atoms with E-state index in [2.05, 4.69) is 17.9 Å². The molecule has 2 aromatic carbocycles. The average Bonchev–Trinajstić information content (AvgIpc) is 2.60. The van der Waals surface area contributed by atoms with Crippen LogP contribution in [0, 0.1) is 0 Å². The summed E-state index contributed by atoms with van der Waals surface area (Å²) < 4.78 is 10.6. The molecule has 0 amide bonds. The molecule has 0 fully saturated rings. The first kappa shape index (κ1) is 17.3. The highest BCUT2D eigenvalue weighted by Gasteiger charge is 2.19. The van der Waals surface area contributed by atoms with Crippen LogP contribution < -0.4 is 9.47 Å². The van der Waals surface area contributed by atoms with Crippen molar-refractivity contribution in [2.24, 2.45) is 0 Å². The van der Waals surface area contributed by atoms with E-state index in [-0.39, 0.29) is 6.04 Å². The summed E-state index contributed by atoms with van der Waals surface area (Å²) >= 11 is 0. The summed E-state index contributed by atoms with van der Waals surface area (Å²) in [7, 11) is 5.30. The number of likely N-dealkylation sites (N-methyl/N-ethyl adjacent to an activating group) is 1. The molecule has 0 heterocycles. The summed E-state index contributed by atoms with van der Waals surface area (Å²) in [5.41, 5.74) is 1.96. The molecule has 2 atom stereocenters. The molecule has 0 bridgehead atoms. The van der Waals surface area contributed by atoms with E-state index in [9.17, 15) is 5.11 Å². The number of benzene rings is 2. The number of aliphatic hydroxyl groups is 1. The topological polar surface area (TPSA) is 41.9 Å². The van der Waals surface area contributed by atoms with E-state index in [4.69, 9.17) is 9.47 Å². The minimum atomic E-state index is -0.577. The van der Waals surface area contributed by atoms with Gasteiger partial charge in [0.25, 0.3) is 0 Å². The fraction of sp³-hybridized carbons (Fsp3) is 0.368. The Bertz CT molecular complexity index is 630. The lowest BCUT2D eigenvalue weighted by molar-refractivity contribution is 0.107. The predicted octanol–water partition coefficient (Wildman–Crippen LogP) is 3.43. The van der Waals surface area contributed by atoms with Gasteiger partial charge in [-0.05, 0) is 37.7 Å². The van der Waals surface area contributed by atoms with Crippen molar-refractivity contribution in [2.75, 3.05) is 27.8 Å². The first-order valence-electron chi connectivity index (χ1n) is 7.72. The molecule has 2 rings (SSSR count). The van der Waals surface area contributed by atoms with Crippen LogP contribution in [0.1, 0.15) is 30.2 Å². The van der Waals surface area contributed by atoms with E-state index >= 15 is 0 Å². The first-order chi connectivity index (χ1) is 11.1. The number of hydrogen-bond donors (Lipinski definition) is 1. The van der Waals surface area contributed by atoms with E-state index < -0.39 is 6.10 Å². The second kappa shape index (κ2) is 7.99. The SMILES string of the molecule is COc1cccc(C(O)CN(C)C(C)c2ccccc2OC)c1. The van der Waals surface area contributed by atoms with Gasteiger partial charge < -0.3 is 14.6 Å². The summed E-state index contributed by atoms with van der Waals surface area (Å²) in [6.07, 6.45) is -0.577. The molecule has 2 aromatic rings. The lowest BCUT2D eigenvalue weighted by atomic mass is 10.0. The normalized spacial score (nSPS) is 13.7. The summed E-state index contributed by atoms with van der Waals surface area (Å²) in [4.78, 5) is 2.11. The molecule has 2 unspecified atom stereocenters. The molecule has 23 heavy (non-hydrogen) atoms. The maximum absolute atomic E-state index is 10.5. The van der Waals surface area contributed by atoms with Crippen molar-refractivity contribution in [1.82, 2.24) is 4.90 Å². The maximum atomic E-state index is 10.5. The van der Waals surface area contributed by atoms with Crippen LogP contribution in [0.4, 0.5) is 0 Å². The average molecular weight is 315 g/mol. The van der Waals surface area contributed by atoms with Crippen LogP contribution in [0.3, 0.4) is 0 Å². The van der Waals surface area contributed by atoms with Crippen molar-refractivity contribution >= 4 is 0 Å². The quantitative estimate of drug-likeness (QED) is 0.850. The molecular formula is C19H25NO3. The van der Waals surface area contributed by atoms with Crippen LogP contribution in [0.25, 0.3) is 0 Å². The highest BCUT2D eigenvalue weighted by molar-refractivity contribution is 5.35. The van der Waals surface area contributed by atoms with E-state index in [1.807, 2.05) is 49.5 Å². The minimum Gasteiger partial charge on any atom is -0.497 e. The van der Waals surface area contributed by atoms with Gasteiger partial charge in [-0.3, -0.25) is 4.90 Å². The van der Waals surface area contributed by atoms with Gasteiger partial charge in [0.1, 0.15) is 11.5 Å². The van der Waals surface area contributed by atoms with Crippen molar-refractivity contribution in [3.05, 3.63) is 59.7 Å². The third kappa shape index (κ3) is 4.24. The molecule has 1 N–H and O–H groups in total. The number of rotatable bonds is 7. The highest BCUT2D eigenvalue weighted by atomic mass is 16.5. The lowest BCUT2D eigenvalue weighted by Crippen LogP contribution is -2.27. The van der Waals surface area contributed by atoms with E-state index in [0.717, 1.165) is 22.6 Å². The molecule has 0 radical (unpaired) electrons. The third-order valence-electron chi connectivity index (χ3n) is 4.19. The predicted molar refractivity (Wildman–Crippen MR) is 92.0 cm³/mol. The van der Waals surface area contributed by atoms with Crippen LogP contribution in [0.2, 0.25) is 0 Å². The monoisotopic (exact) mass is 315 g/mol. The van der Waals surface area contributed by atoms with Crippen LogP contribution >= 0.6 is 0 Å². The fourth-order valence-corrected chi connectivity index (χ4v) is 2.63. The smallest absolute Gasteiger partial charge is 0.123 e. The standard InChI is InChI=1S/C19H25NO3/c1-14(17-10-5-6-11-19(17)23-4)20(2)13-18(21)15-8-7-9-16(12-15)22-3/h5-12,14,18,21H,13H2,1-4H3. The molecular weight excluding hydrogens is 290 g/mol. The lowest BCUT2D eigenvalue weighted by Gasteiger charge is -2.28. The van der Waals surface area contributed by atoms with Crippen LogP contribution in [0.15, 0.2) is 48.5 Å². The summed E-state index contributed by atoms with van der Waals surface area (Å²) in [6.45, 7) is 2.63. The van der Waals surface area contributed by atoms with Gasteiger partial charge in [-0.15, -0.1) is 0 Å².